The number of carbonyl (C=O) groups is 1. The van der Waals surface area contributed by atoms with Crippen molar-refractivity contribution < 1.29 is 9.53 Å². The number of fused-ring (bicyclic) bond motifs is 1. The average molecular weight is 457 g/mol. The van der Waals surface area contributed by atoms with E-state index in [1.165, 1.54) is 11.3 Å². The molecule has 1 aliphatic rings. The molecule has 0 radical (unpaired) electrons. The second-order valence-corrected chi connectivity index (χ2v) is 8.17. The van der Waals surface area contributed by atoms with Crippen molar-refractivity contribution >= 4 is 43.8 Å². The first-order valence-corrected chi connectivity index (χ1v) is 10.3. The van der Waals surface area contributed by atoms with Gasteiger partial charge in [0, 0.05) is 29.5 Å². The highest BCUT2D eigenvalue weighted by Crippen LogP contribution is 2.31. The number of rotatable bonds is 3. The van der Waals surface area contributed by atoms with E-state index >= 15 is 0 Å². The number of likely N-dealkylation sites (N-methyl/N-ethyl adjacent to an activating group) is 1. The van der Waals surface area contributed by atoms with Crippen LogP contribution in [0.5, 0.6) is 0 Å². The van der Waals surface area contributed by atoms with Crippen LogP contribution in [0.2, 0.25) is 0 Å². The Balaban J connectivity index is 2.01. The molecule has 28 heavy (non-hydrogen) atoms. The molecule has 0 saturated carbocycles. The summed E-state index contributed by atoms with van der Waals surface area (Å²) in [4.78, 5) is 28.4. The molecule has 0 saturated heterocycles. The van der Waals surface area contributed by atoms with Crippen molar-refractivity contribution in [3.05, 3.63) is 79.8 Å². The largest absolute Gasteiger partial charge is 0.462 e. The lowest BCUT2D eigenvalue weighted by Crippen LogP contribution is -2.29. The van der Waals surface area contributed by atoms with Crippen molar-refractivity contribution in [2.75, 3.05) is 13.7 Å². The van der Waals surface area contributed by atoms with Crippen LogP contribution in [0.15, 0.2) is 64.2 Å². The van der Waals surface area contributed by atoms with Gasteiger partial charge in [-0.1, -0.05) is 34.1 Å². The molecule has 0 unspecified atom stereocenters. The average Bonchev–Trinajstić information content (AvgIpc) is 3.20. The number of ether oxygens (including phenoxy) is 1. The van der Waals surface area contributed by atoms with Gasteiger partial charge in [0.15, 0.2) is 0 Å². The van der Waals surface area contributed by atoms with Crippen molar-refractivity contribution in [2.24, 2.45) is 0 Å². The minimum atomic E-state index is -0.423. The number of aromatic nitrogens is 1. The number of hydrogen-bond donors (Lipinski definition) is 0. The van der Waals surface area contributed by atoms with Gasteiger partial charge in [0.1, 0.15) is 14.9 Å². The van der Waals surface area contributed by atoms with Crippen LogP contribution in [0.4, 0.5) is 0 Å². The smallest absolute Gasteiger partial charge is 0.341 e. The molecule has 5 nitrogen and oxygen atoms in total. The number of allylic oxidation sites excluding steroid dienone is 2. The molecule has 1 aliphatic heterocycles. The fourth-order valence-electron chi connectivity index (χ4n) is 3.16. The van der Waals surface area contributed by atoms with E-state index in [1.54, 1.807) is 17.5 Å². The minimum absolute atomic E-state index is 0.143. The molecule has 0 bridgehead atoms. The van der Waals surface area contributed by atoms with Crippen LogP contribution in [0.1, 0.15) is 17.3 Å². The van der Waals surface area contributed by atoms with Crippen molar-refractivity contribution in [3.63, 3.8) is 0 Å². The van der Waals surface area contributed by atoms with Gasteiger partial charge in [-0.25, -0.2) is 4.79 Å². The Morgan fingerprint density at radius 2 is 1.96 bits per heavy atom. The predicted molar refractivity (Wildman–Crippen MR) is 115 cm³/mol. The number of benzene rings is 1. The second kappa shape index (κ2) is 7.41. The maximum absolute atomic E-state index is 13.1. The zero-order valence-corrected chi connectivity index (χ0v) is 17.7. The summed E-state index contributed by atoms with van der Waals surface area (Å²) < 4.78 is 8.38. The zero-order chi connectivity index (χ0) is 19.8. The van der Waals surface area contributed by atoms with E-state index in [2.05, 4.69) is 15.9 Å². The number of nitrogens with zero attached hydrogens (tertiary/aromatic N) is 2. The van der Waals surface area contributed by atoms with Crippen LogP contribution in [0.3, 0.4) is 0 Å². The van der Waals surface area contributed by atoms with Crippen LogP contribution >= 0.6 is 27.3 Å². The molecule has 0 atom stereocenters. The highest BCUT2D eigenvalue weighted by Gasteiger charge is 2.24. The van der Waals surface area contributed by atoms with Crippen molar-refractivity contribution in [1.29, 1.82) is 0 Å². The van der Waals surface area contributed by atoms with Gasteiger partial charge >= 0.3 is 5.97 Å². The van der Waals surface area contributed by atoms with Gasteiger partial charge in [0.25, 0.3) is 5.56 Å². The van der Waals surface area contributed by atoms with E-state index in [9.17, 15) is 9.59 Å². The quantitative estimate of drug-likeness (QED) is 0.562. The van der Waals surface area contributed by atoms with Gasteiger partial charge in [-0.15, -0.1) is 11.3 Å². The molecule has 1 aromatic carbocycles. The number of thiazole rings is 1. The lowest BCUT2D eigenvalue weighted by atomic mass is 10.1. The molecule has 7 heteroatoms. The van der Waals surface area contributed by atoms with Gasteiger partial charge in [-0.3, -0.25) is 9.20 Å². The predicted octanol–water partition coefficient (Wildman–Crippen LogP) is 3.81. The Morgan fingerprint density at radius 3 is 2.64 bits per heavy atom. The molecule has 0 N–H and O–H groups in total. The van der Waals surface area contributed by atoms with Gasteiger partial charge in [0.05, 0.1) is 12.3 Å². The highest BCUT2D eigenvalue weighted by atomic mass is 79.9. The van der Waals surface area contributed by atoms with Crippen molar-refractivity contribution in [1.82, 2.24) is 9.30 Å². The molecule has 3 aromatic rings. The lowest BCUT2D eigenvalue weighted by molar-refractivity contribution is 0.0530. The van der Waals surface area contributed by atoms with Crippen molar-refractivity contribution in [2.45, 2.75) is 6.92 Å². The first-order valence-electron chi connectivity index (χ1n) is 8.74. The van der Waals surface area contributed by atoms with Crippen LogP contribution in [0, 0.1) is 0 Å². The zero-order valence-electron chi connectivity index (χ0n) is 15.3. The molecule has 0 fully saturated rings. The van der Waals surface area contributed by atoms with Crippen LogP contribution < -0.4 is 10.1 Å². The van der Waals surface area contributed by atoms with Gasteiger partial charge in [-0.2, -0.15) is 0 Å². The Kier molecular flexibility index (Phi) is 4.95. The molecule has 3 heterocycles. The molecular formula is C21H17BrN2O3S. The first kappa shape index (κ1) is 18.7. The number of hydrogen-bond acceptors (Lipinski definition) is 5. The summed E-state index contributed by atoms with van der Waals surface area (Å²) >= 11 is 4.73. The molecule has 0 spiro atoms. The third-order valence-electron chi connectivity index (χ3n) is 4.49. The Labute approximate surface area is 174 Å². The summed E-state index contributed by atoms with van der Waals surface area (Å²) in [6.45, 7) is 2.04. The number of halogens is 1. The van der Waals surface area contributed by atoms with E-state index in [1.807, 2.05) is 60.6 Å². The van der Waals surface area contributed by atoms with E-state index in [-0.39, 0.29) is 12.2 Å². The highest BCUT2D eigenvalue weighted by molar-refractivity contribution is 9.10. The summed E-state index contributed by atoms with van der Waals surface area (Å²) in [5.41, 5.74) is 2.64. The first-order chi connectivity index (χ1) is 13.5. The number of carbonyl (C=O) groups excluding carboxylic acids is 1. The van der Waals surface area contributed by atoms with Crippen LogP contribution in [-0.2, 0) is 4.74 Å². The third-order valence-corrected chi connectivity index (χ3v) is 6.20. The molecule has 0 amide bonds. The Bertz CT molecular complexity index is 1240. The standard InChI is InChI=1S/C21H17BrN2O3S/c1-3-27-21(26)17-15(13-7-9-14(22)10-8-13)12-24-19(25)18(28-20(17)24)16-6-4-5-11-23(16)2/h4-12H,3H2,1-2H3/b18-16-. The maximum Gasteiger partial charge on any atom is 0.341 e. The van der Waals surface area contributed by atoms with E-state index in [0.29, 0.717) is 20.5 Å². The molecule has 0 aliphatic carbocycles. The number of esters is 1. The van der Waals surface area contributed by atoms with Crippen LogP contribution in [-0.4, -0.2) is 28.9 Å². The molecule has 2 aromatic heterocycles. The third kappa shape index (κ3) is 3.10. The maximum atomic E-state index is 13.1. The fourth-order valence-corrected chi connectivity index (χ4v) is 4.65. The SMILES string of the molecule is CCOC(=O)c1c(-c2ccc(Br)cc2)cn2c(=O)/c(=C3\C=CC=CN3C)sc12. The second-order valence-electron chi connectivity index (χ2n) is 6.25. The summed E-state index contributed by atoms with van der Waals surface area (Å²) in [6.07, 6.45) is 9.32. The minimum Gasteiger partial charge on any atom is -0.462 e. The monoisotopic (exact) mass is 456 g/mol. The molecule has 142 valence electrons. The summed E-state index contributed by atoms with van der Waals surface area (Å²) in [5, 5.41) is 0. The summed E-state index contributed by atoms with van der Waals surface area (Å²) in [5.74, 6) is -0.423. The van der Waals surface area contributed by atoms with E-state index in [4.69, 9.17) is 4.74 Å². The van der Waals surface area contributed by atoms with E-state index < -0.39 is 5.97 Å². The van der Waals surface area contributed by atoms with Crippen molar-refractivity contribution in [3.8, 4) is 11.1 Å². The normalized spacial score (nSPS) is 15.5. The Hall–Kier alpha value is -2.64. The molecule has 4 rings (SSSR count). The lowest BCUT2D eigenvalue weighted by Gasteiger charge is -2.16. The topological polar surface area (TPSA) is 51.0 Å². The fraction of sp³-hybridized carbons (Fsp3) is 0.143. The van der Waals surface area contributed by atoms with Gasteiger partial charge < -0.3 is 9.64 Å². The molecular weight excluding hydrogens is 440 g/mol. The van der Waals surface area contributed by atoms with Gasteiger partial charge in [0.2, 0.25) is 0 Å². The van der Waals surface area contributed by atoms with Crippen LogP contribution in [0.25, 0.3) is 21.7 Å². The Morgan fingerprint density at radius 1 is 1.21 bits per heavy atom. The summed E-state index contributed by atoms with van der Waals surface area (Å²) in [7, 11) is 1.89. The summed E-state index contributed by atoms with van der Waals surface area (Å²) in [6, 6.07) is 7.64. The van der Waals surface area contributed by atoms with Gasteiger partial charge in [-0.05, 0) is 36.8 Å². The van der Waals surface area contributed by atoms with E-state index in [0.717, 1.165) is 15.7 Å².